The van der Waals surface area contributed by atoms with Gasteiger partial charge in [-0.25, -0.2) is 0 Å². The van der Waals surface area contributed by atoms with Gasteiger partial charge in [-0.3, -0.25) is 14.2 Å². The molecule has 1 aromatic carbocycles. The Morgan fingerprint density at radius 1 is 1.37 bits per heavy atom. The molecule has 0 fully saturated rings. The zero-order chi connectivity index (χ0) is 13.8. The summed E-state index contributed by atoms with van der Waals surface area (Å²) in [7, 11) is 0. The number of hydrogen-bond acceptors (Lipinski definition) is 4. The van der Waals surface area contributed by atoms with Gasteiger partial charge in [0.15, 0.2) is 0 Å². The van der Waals surface area contributed by atoms with Crippen LogP contribution < -0.4 is 5.56 Å². The smallest absolute Gasteiger partial charge is 0.326 e. The van der Waals surface area contributed by atoms with Crippen LogP contribution in [0.1, 0.15) is 12.5 Å². The zero-order valence-electron chi connectivity index (χ0n) is 10.4. The molecule has 0 saturated heterocycles. The minimum atomic E-state index is -0.457. The number of benzene rings is 1. The lowest BCUT2D eigenvalue weighted by Gasteiger charge is -2.09. The fourth-order valence-corrected chi connectivity index (χ4v) is 1.87. The number of nitrogens with zero attached hydrogens (tertiary/aromatic N) is 2. The molecular formula is C14H12N2O3. The van der Waals surface area contributed by atoms with Gasteiger partial charge in [0.2, 0.25) is 0 Å². The molecule has 0 aliphatic heterocycles. The summed E-state index contributed by atoms with van der Waals surface area (Å²) >= 11 is 0. The zero-order valence-corrected chi connectivity index (χ0v) is 10.4. The molecule has 0 amide bonds. The van der Waals surface area contributed by atoms with Crippen LogP contribution in [-0.4, -0.2) is 17.1 Å². The average Bonchev–Trinajstić information content (AvgIpc) is 2.41. The molecule has 5 nitrogen and oxygen atoms in total. The quantitative estimate of drug-likeness (QED) is 0.779. The van der Waals surface area contributed by atoms with E-state index in [1.165, 1.54) is 10.6 Å². The number of rotatable bonds is 3. The highest BCUT2D eigenvalue weighted by atomic mass is 16.5. The van der Waals surface area contributed by atoms with Crippen molar-refractivity contribution in [2.24, 2.45) is 0 Å². The topological polar surface area (TPSA) is 72.1 Å². The summed E-state index contributed by atoms with van der Waals surface area (Å²) in [6.45, 7) is 1.86. The second kappa shape index (κ2) is 5.36. The molecule has 0 aliphatic rings. The Kier molecular flexibility index (Phi) is 3.62. The fraction of sp³-hybridized carbons (Fsp3) is 0.214. The minimum Gasteiger partial charge on any atom is -0.465 e. The predicted molar refractivity (Wildman–Crippen MR) is 69.6 cm³/mol. The number of nitriles is 1. The van der Waals surface area contributed by atoms with E-state index in [4.69, 9.17) is 10.00 Å². The number of aromatic nitrogens is 1. The molecule has 0 atom stereocenters. The Balaban J connectivity index is 2.53. The Morgan fingerprint density at radius 2 is 2.16 bits per heavy atom. The molecule has 0 bridgehead atoms. The van der Waals surface area contributed by atoms with Crippen molar-refractivity contribution in [3.8, 4) is 6.07 Å². The van der Waals surface area contributed by atoms with Gasteiger partial charge in [-0.05, 0) is 36.6 Å². The molecule has 5 heteroatoms. The number of pyridine rings is 1. The van der Waals surface area contributed by atoms with Crippen molar-refractivity contribution in [2.75, 3.05) is 6.61 Å². The Morgan fingerprint density at radius 3 is 2.84 bits per heavy atom. The van der Waals surface area contributed by atoms with E-state index in [9.17, 15) is 9.59 Å². The first-order chi connectivity index (χ1) is 9.15. The van der Waals surface area contributed by atoms with Crippen LogP contribution >= 0.6 is 0 Å². The van der Waals surface area contributed by atoms with Gasteiger partial charge in [-0.1, -0.05) is 0 Å². The van der Waals surface area contributed by atoms with Crippen LogP contribution in [-0.2, 0) is 16.1 Å². The molecule has 19 heavy (non-hydrogen) atoms. The predicted octanol–water partition coefficient (Wildman–Crippen LogP) is 1.44. The van der Waals surface area contributed by atoms with Crippen LogP contribution in [0.15, 0.2) is 35.1 Å². The van der Waals surface area contributed by atoms with Gasteiger partial charge < -0.3 is 4.74 Å². The van der Waals surface area contributed by atoms with Crippen molar-refractivity contribution in [2.45, 2.75) is 13.5 Å². The van der Waals surface area contributed by atoms with Gasteiger partial charge in [-0.15, -0.1) is 0 Å². The van der Waals surface area contributed by atoms with Gasteiger partial charge in [0.1, 0.15) is 6.54 Å². The summed E-state index contributed by atoms with van der Waals surface area (Å²) in [6, 6.07) is 10.0. The molecule has 0 unspecified atom stereocenters. The highest BCUT2D eigenvalue weighted by Crippen LogP contribution is 2.14. The number of ether oxygens (including phenoxy) is 1. The molecule has 96 valence electrons. The minimum absolute atomic E-state index is 0.129. The molecule has 0 radical (unpaired) electrons. The number of carbonyl (C=O) groups excluding carboxylic acids is 1. The van der Waals surface area contributed by atoms with Crippen molar-refractivity contribution in [3.63, 3.8) is 0 Å². The number of hydrogen-bond donors (Lipinski definition) is 0. The normalized spacial score (nSPS) is 10.1. The largest absolute Gasteiger partial charge is 0.465 e. The Labute approximate surface area is 109 Å². The number of esters is 1. The van der Waals surface area contributed by atoms with E-state index >= 15 is 0 Å². The molecule has 0 saturated carbocycles. The van der Waals surface area contributed by atoms with E-state index in [0.29, 0.717) is 11.1 Å². The van der Waals surface area contributed by atoms with E-state index in [0.717, 1.165) is 5.39 Å². The summed E-state index contributed by atoms with van der Waals surface area (Å²) in [5.41, 5.74) is 0.846. The first kappa shape index (κ1) is 12.8. The lowest BCUT2D eigenvalue weighted by molar-refractivity contribution is -0.143. The lowest BCUT2D eigenvalue weighted by atomic mass is 10.1. The summed E-state index contributed by atoms with van der Waals surface area (Å²) in [5.74, 6) is -0.457. The van der Waals surface area contributed by atoms with E-state index in [1.807, 2.05) is 6.07 Å². The van der Waals surface area contributed by atoms with E-state index in [-0.39, 0.29) is 18.7 Å². The number of fused-ring (bicyclic) bond motifs is 1. The van der Waals surface area contributed by atoms with Crippen molar-refractivity contribution >= 4 is 16.9 Å². The second-order valence-electron chi connectivity index (χ2n) is 3.95. The van der Waals surface area contributed by atoms with E-state index in [2.05, 4.69) is 0 Å². The van der Waals surface area contributed by atoms with E-state index < -0.39 is 5.97 Å². The van der Waals surface area contributed by atoms with Crippen LogP contribution in [0.2, 0.25) is 0 Å². The SMILES string of the molecule is CCOC(=O)Cn1c(=O)ccc2cc(C#N)ccc21. The van der Waals surface area contributed by atoms with Crippen molar-refractivity contribution in [3.05, 3.63) is 46.2 Å². The van der Waals surface area contributed by atoms with Gasteiger partial charge in [-0.2, -0.15) is 5.26 Å². The summed E-state index contributed by atoms with van der Waals surface area (Å²) in [5, 5.41) is 9.58. The standard InChI is InChI=1S/C14H12N2O3/c1-2-19-14(18)9-16-12-5-3-10(8-15)7-11(12)4-6-13(16)17/h3-7H,2,9H2,1H3. The maximum absolute atomic E-state index is 11.8. The number of carbonyl (C=O) groups is 1. The molecule has 2 aromatic rings. The lowest BCUT2D eigenvalue weighted by Crippen LogP contribution is -2.25. The van der Waals surface area contributed by atoms with Crippen LogP contribution in [0.5, 0.6) is 0 Å². The van der Waals surface area contributed by atoms with Crippen molar-refractivity contribution in [1.29, 1.82) is 5.26 Å². The van der Waals surface area contributed by atoms with Gasteiger partial charge in [0, 0.05) is 6.07 Å². The first-order valence-electron chi connectivity index (χ1n) is 5.85. The third kappa shape index (κ3) is 2.63. The Bertz CT molecular complexity index is 726. The van der Waals surface area contributed by atoms with E-state index in [1.54, 1.807) is 31.2 Å². The molecule has 0 aliphatic carbocycles. The molecule has 2 rings (SSSR count). The van der Waals surface area contributed by atoms with Crippen LogP contribution in [0, 0.1) is 11.3 Å². The van der Waals surface area contributed by atoms with Crippen molar-refractivity contribution in [1.82, 2.24) is 4.57 Å². The highest BCUT2D eigenvalue weighted by molar-refractivity contribution is 5.82. The molecule has 0 spiro atoms. The van der Waals surface area contributed by atoms with Crippen LogP contribution in [0.25, 0.3) is 10.9 Å². The summed E-state index contributed by atoms with van der Waals surface area (Å²) in [6.07, 6.45) is 0. The average molecular weight is 256 g/mol. The van der Waals surface area contributed by atoms with Gasteiger partial charge >= 0.3 is 5.97 Å². The van der Waals surface area contributed by atoms with Crippen LogP contribution in [0.3, 0.4) is 0 Å². The van der Waals surface area contributed by atoms with Gasteiger partial charge in [0.05, 0.1) is 23.8 Å². The maximum atomic E-state index is 11.8. The summed E-state index contributed by atoms with van der Waals surface area (Å²) < 4.78 is 6.19. The first-order valence-corrected chi connectivity index (χ1v) is 5.85. The fourth-order valence-electron chi connectivity index (χ4n) is 1.87. The molecule has 1 aromatic heterocycles. The molecular weight excluding hydrogens is 244 g/mol. The Hall–Kier alpha value is -2.61. The third-order valence-electron chi connectivity index (χ3n) is 2.71. The van der Waals surface area contributed by atoms with Gasteiger partial charge in [0.25, 0.3) is 5.56 Å². The summed E-state index contributed by atoms with van der Waals surface area (Å²) in [4.78, 5) is 23.3. The van der Waals surface area contributed by atoms with Crippen molar-refractivity contribution < 1.29 is 9.53 Å². The maximum Gasteiger partial charge on any atom is 0.326 e. The second-order valence-corrected chi connectivity index (χ2v) is 3.95. The monoisotopic (exact) mass is 256 g/mol. The third-order valence-corrected chi connectivity index (χ3v) is 2.71. The molecule has 1 heterocycles. The highest BCUT2D eigenvalue weighted by Gasteiger charge is 2.09. The van der Waals surface area contributed by atoms with Crippen LogP contribution in [0.4, 0.5) is 0 Å². The molecule has 0 N–H and O–H groups in total.